The minimum Gasteiger partial charge on any atom is -0.495 e. The van der Waals surface area contributed by atoms with Gasteiger partial charge in [-0.1, -0.05) is 0 Å². The van der Waals surface area contributed by atoms with E-state index in [1.165, 1.54) is 6.92 Å². The molecule has 0 amide bonds. The first-order chi connectivity index (χ1) is 8.02. The number of carbonyl (C=O) groups excluding carboxylic acids is 1. The molecule has 1 aromatic heterocycles. The van der Waals surface area contributed by atoms with Gasteiger partial charge in [-0.3, -0.25) is 4.79 Å². The molecule has 0 radical (unpaired) electrons. The van der Waals surface area contributed by atoms with E-state index >= 15 is 0 Å². The van der Waals surface area contributed by atoms with Gasteiger partial charge in [-0.2, -0.15) is 0 Å². The summed E-state index contributed by atoms with van der Waals surface area (Å²) in [6.45, 7) is 1.57. The van der Waals surface area contributed by atoms with Crippen LogP contribution in [0.3, 0.4) is 0 Å². The summed E-state index contributed by atoms with van der Waals surface area (Å²) in [6.07, 6.45) is -2.05. The molecule has 0 atom stereocenters. The number of alkyl halides is 2. The van der Waals surface area contributed by atoms with Crippen molar-refractivity contribution in [2.24, 2.45) is 0 Å². The van der Waals surface area contributed by atoms with Crippen LogP contribution < -0.4 is 10.3 Å². The predicted molar refractivity (Wildman–Crippen MR) is 54.5 cm³/mol. The summed E-state index contributed by atoms with van der Waals surface area (Å²) in [6, 6.07) is 0. The topological polar surface area (TPSA) is 68.4 Å². The smallest absolute Gasteiger partial charge is 0.347 e. The van der Waals surface area contributed by atoms with Gasteiger partial charge in [-0.25, -0.2) is 13.6 Å². The molecule has 0 saturated heterocycles. The molecule has 17 heavy (non-hydrogen) atoms. The lowest BCUT2D eigenvalue weighted by Gasteiger charge is -2.11. The first-order valence-electron chi connectivity index (χ1n) is 4.77. The second-order valence-corrected chi connectivity index (χ2v) is 3.00. The van der Waals surface area contributed by atoms with Crippen LogP contribution in [0.15, 0.2) is 11.0 Å². The van der Waals surface area contributed by atoms with Gasteiger partial charge in [0, 0.05) is 6.20 Å². The van der Waals surface area contributed by atoms with Crippen LogP contribution in [0, 0.1) is 0 Å². The van der Waals surface area contributed by atoms with Crippen molar-refractivity contribution in [2.75, 3.05) is 13.7 Å². The summed E-state index contributed by atoms with van der Waals surface area (Å²) in [5.41, 5.74) is -1.94. The number of methoxy groups -OCH3 is 1. The fraction of sp³-hybridized carbons (Fsp3) is 0.400. The van der Waals surface area contributed by atoms with Crippen LogP contribution in [-0.2, 0) is 4.74 Å². The van der Waals surface area contributed by atoms with E-state index in [1.807, 2.05) is 4.98 Å². The van der Waals surface area contributed by atoms with E-state index in [9.17, 15) is 18.4 Å². The van der Waals surface area contributed by atoms with E-state index in [-0.39, 0.29) is 6.61 Å². The molecule has 1 aromatic rings. The zero-order valence-electron chi connectivity index (χ0n) is 9.25. The highest BCUT2D eigenvalue weighted by Gasteiger charge is 2.25. The van der Waals surface area contributed by atoms with Crippen LogP contribution in [0.4, 0.5) is 8.78 Å². The van der Waals surface area contributed by atoms with Crippen LogP contribution in [-0.4, -0.2) is 24.7 Å². The maximum absolute atomic E-state index is 12.6. The number of hydrogen-bond acceptors (Lipinski definition) is 4. The van der Waals surface area contributed by atoms with Crippen LogP contribution in [0.5, 0.6) is 5.75 Å². The fourth-order valence-corrected chi connectivity index (χ4v) is 1.30. The molecule has 0 spiro atoms. The summed E-state index contributed by atoms with van der Waals surface area (Å²) in [5.74, 6) is -1.45. The summed E-state index contributed by atoms with van der Waals surface area (Å²) >= 11 is 0. The number of hydrogen-bond donors (Lipinski definition) is 1. The van der Waals surface area contributed by atoms with Crippen molar-refractivity contribution in [2.45, 2.75) is 13.3 Å². The van der Waals surface area contributed by atoms with E-state index in [0.717, 1.165) is 13.3 Å². The molecule has 7 heteroatoms. The Balaban J connectivity index is 3.40. The molecule has 0 aliphatic rings. The molecule has 0 bridgehead atoms. The van der Waals surface area contributed by atoms with Gasteiger partial charge in [-0.15, -0.1) is 0 Å². The van der Waals surface area contributed by atoms with Crippen LogP contribution >= 0.6 is 0 Å². The Labute approximate surface area is 95.4 Å². The molecule has 0 aliphatic carbocycles. The Hall–Kier alpha value is -1.92. The molecule has 0 aromatic carbocycles. The number of aromatic amines is 1. The molecule has 1 rings (SSSR count). The van der Waals surface area contributed by atoms with Gasteiger partial charge >= 0.3 is 5.97 Å². The van der Waals surface area contributed by atoms with Gasteiger partial charge in [0.2, 0.25) is 0 Å². The van der Waals surface area contributed by atoms with E-state index in [0.29, 0.717) is 0 Å². The van der Waals surface area contributed by atoms with Gasteiger partial charge in [0.15, 0.2) is 5.56 Å². The third-order valence-electron chi connectivity index (χ3n) is 1.99. The zero-order valence-corrected chi connectivity index (χ0v) is 9.25. The molecule has 94 valence electrons. The monoisotopic (exact) mass is 247 g/mol. The average molecular weight is 247 g/mol. The minimum atomic E-state index is -2.87. The lowest BCUT2D eigenvalue weighted by molar-refractivity contribution is 0.0519. The third-order valence-corrected chi connectivity index (χ3v) is 1.99. The van der Waals surface area contributed by atoms with Crippen LogP contribution in [0.1, 0.15) is 29.3 Å². The Morgan fingerprint density at radius 2 is 2.18 bits per heavy atom. The molecule has 0 fully saturated rings. The number of H-pyrrole nitrogens is 1. The first-order valence-corrected chi connectivity index (χ1v) is 4.77. The Kier molecular flexibility index (Phi) is 4.19. The summed E-state index contributed by atoms with van der Waals surface area (Å²) in [4.78, 5) is 24.9. The van der Waals surface area contributed by atoms with Gasteiger partial charge < -0.3 is 14.5 Å². The number of ether oxygens (including phenoxy) is 2. The van der Waals surface area contributed by atoms with Crippen molar-refractivity contribution in [1.82, 2.24) is 4.98 Å². The molecule has 5 nitrogen and oxygen atoms in total. The van der Waals surface area contributed by atoms with Crippen molar-refractivity contribution in [3.05, 3.63) is 27.7 Å². The number of nitrogens with one attached hydrogen (secondary N) is 1. The van der Waals surface area contributed by atoms with Crippen LogP contribution in [0.2, 0.25) is 0 Å². The number of rotatable bonds is 4. The van der Waals surface area contributed by atoms with Gasteiger partial charge in [-0.05, 0) is 6.92 Å². The maximum Gasteiger partial charge on any atom is 0.347 e. The molecular weight excluding hydrogens is 236 g/mol. The second-order valence-electron chi connectivity index (χ2n) is 3.00. The fourth-order valence-electron chi connectivity index (χ4n) is 1.30. The Morgan fingerprint density at radius 3 is 2.65 bits per heavy atom. The second kappa shape index (κ2) is 5.42. The number of esters is 1. The highest BCUT2D eigenvalue weighted by atomic mass is 19.3. The van der Waals surface area contributed by atoms with Crippen molar-refractivity contribution < 1.29 is 23.0 Å². The number of aromatic nitrogens is 1. The molecular formula is C10H11F2NO4. The Bertz CT molecular complexity index is 470. The zero-order chi connectivity index (χ0) is 13.0. The highest BCUT2D eigenvalue weighted by Crippen LogP contribution is 2.29. The third kappa shape index (κ3) is 2.61. The van der Waals surface area contributed by atoms with Gasteiger partial charge in [0.25, 0.3) is 12.0 Å². The minimum absolute atomic E-state index is 0.0281. The maximum atomic E-state index is 12.6. The van der Waals surface area contributed by atoms with E-state index < -0.39 is 34.8 Å². The summed E-state index contributed by atoms with van der Waals surface area (Å²) in [7, 11) is 1.10. The SMILES string of the molecule is CCOC(=O)c1c(OC)c(C(F)F)c[nH]c1=O. The van der Waals surface area contributed by atoms with Crippen molar-refractivity contribution >= 4 is 5.97 Å². The van der Waals surface area contributed by atoms with Gasteiger partial charge in [0.1, 0.15) is 5.75 Å². The quantitative estimate of drug-likeness (QED) is 0.818. The van der Waals surface area contributed by atoms with Crippen molar-refractivity contribution in [3.63, 3.8) is 0 Å². The van der Waals surface area contributed by atoms with E-state index in [1.54, 1.807) is 0 Å². The lowest BCUT2D eigenvalue weighted by atomic mass is 10.1. The van der Waals surface area contributed by atoms with E-state index in [4.69, 9.17) is 0 Å². The predicted octanol–water partition coefficient (Wildman–Crippen LogP) is 1.50. The largest absolute Gasteiger partial charge is 0.495 e. The van der Waals surface area contributed by atoms with Gasteiger partial charge in [0.05, 0.1) is 19.3 Å². The number of carbonyl (C=O) groups is 1. The van der Waals surface area contributed by atoms with Crippen LogP contribution in [0.25, 0.3) is 0 Å². The van der Waals surface area contributed by atoms with Crippen molar-refractivity contribution in [3.8, 4) is 5.75 Å². The standard InChI is InChI=1S/C10H11F2NO4/c1-3-17-10(15)6-7(16-2)5(8(11)12)4-13-9(6)14/h4,8H,3H2,1-2H3,(H,13,14). The number of pyridine rings is 1. The normalized spacial score (nSPS) is 10.4. The molecule has 1 N–H and O–H groups in total. The average Bonchev–Trinajstić information content (AvgIpc) is 2.28. The lowest BCUT2D eigenvalue weighted by Crippen LogP contribution is -2.22. The molecule has 0 saturated carbocycles. The number of halogens is 2. The van der Waals surface area contributed by atoms with Crippen molar-refractivity contribution in [1.29, 1.82) is 0 Å². The summed E-state index contributed by atoms with van der Waals surface area (Å²) in [5, 5.41) is 0. The van der Waals surface area contributed by atoms with E-state index in [2.05, 4.69) is 9.47 Å². The summed E-state index contributed by atoms with van der Waals surface area (Å²) < 4.78 is 34.5. The first kappa shape index (κ1) is 13.1. The molecule has 0 aliphatic heterocycles. The molecule has 1 heterocycles. The highest BCUT2D eigenvalue weighted by molar-refractivity contribution is 5.92. The Morgan fingerprint density at radius 1 is 1.53 bits per heavy atom. The molecule has 0 unspecified atom stereocenters.